The van der Waals surface area contributed by atoms with Gasteiger partial charge in [-0.15, -0.1) is 0 Å². The van der Waals surface area contributed by atoms with Crippen LogP contribution in [-0.2, 0) is 6.42 Å². The van der Waals surface area contributed by atoms with E-state index in [0.29, 0.717) is 39.7 Å². The van der Waals surface area contributed by atoms with Gasteiger partial charge in [0.2, 0.25) is 0 Å². The van der Waals surface area contributed by atoms with Gasteiger partial charge < -0.3 is 5.32 Å². The molecule has 3 aromatic rings. The Labute approximate surface area is 144 Å². The van der Waals surface area contributed by atoms with Crippen molar-refractivity contribution in [3.8, 4) is 0 Å². The molecule has 2 aromatic heterocycles. The SMILES string of the molecule is CCc1nc2ccc(Cl)cn2c1C(=O)Nc1ccc(C(C)=O)cc1. The number of amides is 1. The summed E-state index contributed by atoms with van der Waals surface area (Å²) >= 11 is 6.04. The summed E-state index contributed by atoms with van der Waals surface area (Å²) in [5.41, 5.74) is 3.06. The fourth-order valence-corrected chi connectivity index (χ4v) is 2.69. The van der Waals surface area contributed by atoms with Crippen LogP contribution in [0.4, 0.5) is 5.69 Å². The number of carbonyl (C=O) groups excluding carboxylic acids is 2. The number of ketones is 1. The lowest BCUT2D eigenvalue weighted by Gasteiger charge is -2.07. The average Bonchev–Trinajstić information content (AvgIpc) is 2.93. The summed E-state index contributed by atoms with van der Waals surface area (Å²) < 4.78 is 1.69. The van der Waals surface area contributed by atoms with Gasteiger partial charge in [0.1, 0.15) is 11.3 Å². The highest BCUT2D eigenvalue weighted by molar-refractivity contribution is 6.30. The summed E-state index contributed by atoms with van der Waals surface area (Å²) in [4.78, 5) is 28.5. The summed E-state index contributed by atoms with van der Waals surface area (Å²) in [6.45, 7) is 3.45. The Kier molecular flexibility index (Phi) is 4.36. The lowest BCUT2D eigenvalue weighted by Crippen LogP contribution is -2.16. The van der Waals surface area contributed by atoms with Gasteiger partial charge in [-0.05, 0) is 49.7 Å². The van der Waals surface area contributed by atoms with Crippen molar-refractivity contribution in [2.24, 2.45) is 0 Å². The Morgan fingerprint density at radius 2 is 1.88 bits per heavy atom. The lowest BCUT2D eigenvalue weighted by molar-refractivity contribution is 0.101. The molecule has 6 heteroatoms. The first-order valence-corrected chi connectivity index (χ1v) is 7.96. The molecule has 2 heterocycles. The van der Waals surface area contributed by atoms with Crippen molar-refractivity contribution in [3.05, 3.63) is 64.6 Å². The lowest BCUT2D eigenvalue weighted by atomic mass is 10.1. The van der Waals surface area contributed by atoms with Gasteiger partial charge in [0.05, 0.1) is 10.7 Å². The quantitative estimate of drug-likeness (QED) is 0.729. The van der Waals surface area contributed by atoms with Crippen molar-refractivity contribution in [3.63, 3.8) is 0 Å². The van der Waals surface area contributed by atoms with Gasteiger partial charge in [-0.1, -0.05) is 18.5 Å². The number of halogens is 1. The Hall–Kier alpha value is -2.66. The highest BCUT2D eigenvalue weighted by Gasteiger charge is 2.18. The molecule has 0 aliphatic heterocycles. The molecule has 5 nitrogen and oxygen atoms in total. The molecule has 0 bridgehead atoms. The zero-order valence-corrected chi connectivity index (χ0v) is 14.1. The average molecular weight is 342 g/mol. The minimum absolute atomic E-state index is 0.0161. The molecule has 122 valence electrons. The molecule has 0 atom stereocenters. The molecule has 0 fully saturated rings. The van der Waals surface area contributed by atoms with E-state index in [9.17, 15) is 9.59 Å². The molecule has 1 aromatic carbocycles. The third-order valence-corrected chi connectivity index (χ3v) is 3.98. The van der Waals surface area contributed by atoms with E-state index in [0.717, 1.165) is 0 Å². The number of Topliss-reactive ketones (excluding diaryl/α,β-unsaturated/α-hetero) is 1. The van der Waals surface area contributed by atoms with E-state index in [-0.39, 0.29) is 11.7 Å². The van der Waals surface area contributed by atoms with Crippen LogP contribution in [0.2, 0.25) is 5.02 Å². The second-order valence-corrected chi connectivity index (χ2v) is 5.86. The molecular weight excluding hydrogens is 326 g/mol. The van der Waals surface area contributed by atoms with Crippen molar-refractivity contribution in [2.45, 2.75) is 20.3 Å². The number of rotatable bonds is 4. The van der Waals surface area contributed by atoms with Gasteiger partial charge in [-0.25, -0.2) is 4.98 Å². The van der Waals surface area contributed by atoms with Gasteiger partial charge in [-0.2, -0.15) is 0 Å². The number of fused-ring (bicyclic) bond motifs is 1. The first-order valence-electron chi connectivity index (χ1n) is 7.58. The molecule has 0 aliphatic rings. The zero-order chi connectivity index (χ0) is 17.3. The second-order valence-electron chi connectivity index (χ2n) is 5.42. The Balaban J connectivity index is 1.96. The summed E-state index contributed by atoms with van der Waals surface area (Å²) in [6, 6.07) is 10.3. The fraction of sp³-hybridized carbons (Fsp3) is 0.167. The number of imidazole rings is 1. The summed E-state index contributed by atoms with van der Waals surface area (Å²) in [7, 11) is 0. The molecule has 1 N–H and O–H groups in total. The molecule has 0 saturated heterocycles. The number of benzene rings is 1. The number of nitrogens with zero attached hydrogens (tertiary/aromatic N) is 2. The van der Waals surface area contributed by atoms with Crippen molar-refractivity contribution in [1.29, 1.82) is 0 Å². The van der Waals surface area contributed by atoms with E-state index in [1.54, 1.807) is 47.0 Å². The van der Waals surface area contributed by atoms with E-state index in [1.807, 2.05) is 6.92 Å². The Morgan fingerprint density at radius 1 is 1.17 bits per heavy atom. The van der Waals surface area contributed by atoms with Crippen molar-refractivity contribution in [1.82, 2.24) is 9.38 Å². The largest absolute Gasteiger partial charge is 0.321 e. The Morgan fingerprint density at radius 3 is 2.50 bits per heavy atom. The Bertz CT molecular complexity index is 929. The van der Waals surface area contributed by atoms with Gasteiger partial charge >= 0.3 is 0 Å². The van der Waals surface area contributed by atoms with E-state index in [4.69, 9.17) is 11.6 Å². The number of nitrogens with one attached hydrogen (secondary N) is 1. The third-order valence-electron chi connectivity index (χ3n) is 3.75. The highest BCUT2D eigenvalue weighted by Crippen LogP contribution is 2.19. The van der Waals surface area contributed by atoms with Crippen LogP contribution >= 0.6 is 11.6 Å². The molecule has 0 aliphatic carbocycles. The van der Waals surface area contributed by atoms with Crippen LogP contribution in [-0.4, -0.2) is 21.1 Å². The van der Waals surface area contributed by atoms with Crippen LogP contribution in [0, 0.1) is 0 Å². The maximum Gasteiger partial charge on any atom is 0.274 e. The molecule has 3 rings (SSSR count). The maximum absolute atomic E-state index is 12.7. The summed E-state index contributed by atoms with van der Waals surface area (Å²) in [6.07, 6.45) is 2.31. The number of pyridine rings is 1. The topological polar surface area (TPSA) is 63.5 Å². The van der Waals surface area contributed by atoms with Crippen LogP contribution < -0.4 is 5.32 Å². The van der Waals surface area contributed by atoms with Crippen LogP contribution in [0.15, 0.2) is 42.6 Å². The van der Waals surface area contributed by atoms with E-state index in [2.05, 4.69) is 10.3 Å². The van der Waals surface area contributed by atoms with Crippen molar-refractivity contribution >= 4 is 34.6 Å². The normalized spacial score (nSPS) is 10.8. The molecule has 0 spiro atoms. The van der Waals surface area contributed by atoms with E-state index >= 15 is 0 Å². The minimum atomic E-state index is -0.266. The molecular formula is C18H16ClN3O2. The molecule has 24 heavy (non-hydrogen) atoms. The molecule has 0 unspecified atom stereocenters. The van der Waals surface area contributed by atoms with Crippen LogP contribution in [0.1, 0.15) is 40.4 Å². The van der Waals surface area contributed by atoms with Gasteiger partial charge in [-0.3, -0.25) is 14.0 Å². The van der Waals surface area contributed by atoms with Gasteiger partial charge in [0.25, 0.3) is 5.91 Å². The number of carbonyl (C=O) groups is 2. The van der Waals surface area contributed by atoms with Gasteiger partial charge in [0, 0.05) is 17.4 Å². The van der Waals surface area contributed by atoms with Crippen molar-refractivity contribution < 1.29 is 9.59 Å². The van der Waals surface area contributed by atoms with Crippen molar-refractivity contribution in [2.75, 3.05) is 5.32 Å². The predicted molar refractivity (Wildman–Crippen MR) is 94.0 cm³/mol. The maximum atomic E-state index is 12.7. The summed E-state index contributed by atoms with van der Waals surface area (Å²) in [5, 5.41) is 3.37. The number of aryl methyl sites for hydroxylation is 1. The van der Waals surface area contributed by atoms with E-state index < -0.39 is 0 Å². The monoisotopic (exact) mass is 341 g/mol. The standard InChI is InChI=1S/C18H16ClN3O2/c1-3-15-17(22-10-13(19)6-9-16(22)21-15)18(24)20-14-7-4-12(5-8-14)11(2)23/h4-10H,3H2,1-2H3,(H,20,24). The zero-order valence-electron chi connectivity index (χ0n) is 13.3. The number of anilines is 1. The first-order chi connectivity index (χ1) is 11.5. The van der Waals surface area contributed by atoms with Crippen LogP contribution in [0.3, 0.4) is 0 Å². The highest BCUT2D eigenvalue weighted by atomic mass is 35.5. The minimum Gasteiger partial charge on any atom is -0.321 e. The summed E-state index contributed by atoms with van der Waals surface area (Å²) in [5.74, 6) is -0.283. The number of aromatic nitrogens is 2. The second kappa shape index (κ2) is 6.45. The number of hydrogen-bond donors (Lipinski definition) is 1. The number of hydrogen-bond acceptors (Lipinski definition) is 3. The predicted octanol–water partition coefficient (Wildman–Crippen LogP) is 4.01. The van der Waals surface area contributed by atoms with Crippen LogP contribution in [0.5, 0.6) is 0 Å². The molecule has 1 amide bonds. The van der Waals surface area contributed by atoms with Gasteiger partial charge in [0.15, 0.2) is 5.78 Å². The fourth-order valence-electron chi connectivity index (χ4n) is 2.53. The first kappa shape index (κ1) is 16.2. The smallest absolute Gasteiger partial charge is 0.274 e. The molecule has 0 saturated carbocycles. The van der Waals surface area contributed by atoms with E-state index in [1.165, 1.54) is 6.92 Å². The third kappa shape index (κ3) is 3.03. The molecule has 0 radical (unpaired) electrons. The van der Waals surface area contributed by atoms with Crippen LogP contribution in [0.25, 0.3) is 5.65 Å².